The Kier molecular flexibility index (Phi) is 9.42. The van der Waals surface area contributed by atoms with Crippen molar-refractivity contribution in [2.45, 2.75) is 25.7 Å². The van der Waals surface area contributed by atoms with Gasteiger partial charge in [-0.3, -0.25) is 0 Å². The minimum absolute atomic E-state index is 0.122. The van der Waals surface area contributed by atoms with E-state index >= 15 is 0 Å². The van der Waals surface area contributed by atoms with Gasteiger partial charge in [-0.2, -0.15) is 0 Å². The fourth-order valence-corrected chi connectivity index (χ4v) is 1.15. The van der Waals surface area contributed by atoms with Crippen molar-refractivity contribution in [1.82, 2.24) is 0 Å². The molecule has 0 aliphatic rings. The smallest absolute Gasteiger partial charge is 0.349 e. The zero-order valence-electron chi connectivity index (χ0n) is 10.0. The summed E-state index contributed by atoms with van der Waals surface area (Å²) in [6.45, 7) is 7.12. The average Bonchev–Trinajstić information content (AvgIpc) is 2.31. The molecule has 0 bridgehead atoms. The average molecular weight is 295 g/mol. The van der Waals surface area contributed by atoms with Crippen LogP contribution in [0.5, 0.6) is 0 Å². The maximum absolute atomic E-state index is 10.9. The maximum Gasteiger partial charge on any atom is 0.349 e. The number of hydrogen-bond acceptors (Lipinski definition) is 4. The summed E-state index contributed by atoms with van der Waals surface area (Å²) in [5.41, 5.74) is 0. The van der Waals surface area contributed by atoms with Crippen molar-refractivity contribution in [1.29, 1.82) is 0 Å². The molecular weight excluding hydrogens is 279 g/mol. The zero-order chi connectivity index (χ0) is 14.0. The topological polar surface area (TPSA) is 52.6 Å². The Bertz CT molecular complexity index is 294. The molecule has 0 saturated heterocycles. The normalized spacial score (nSPS) is 9.67. The minimum atomic E-state index is -0.591. The SMILES string of the molecule is C=C(Cl)C(=O)OCCCCCCOC(=O)C(=C)Cl. The predicted octanol–water partition coefficient (Wildman–Crippen LogP) is 3.14. The van der Waals surface area contributed by atoms with Gasteiger partial charge in [0.2, 0.25) is 0 Å². The number of halogens is 2. The Labute approximate surface area is 117 Å². The van der Waals surface area contributed by atoms with Gasteiger partial charge in [0.05, 0.1) is 13.2 Å². The van der Waals surface area contributed by atoms with E-state index in [1.54, 1.807) is 0 Å². The third-order valence-electron chi connectivity index (χ3n) is 1.95. The van der Waals surface area contributed by atoms with Crippen molar-refractivity contribution in [2.75, 3.05) is 13.2 Å². The molecule has 0 aliphatic heterocycles. The lowest BCUT2D eigenvalue weighted by atomic mass is 10.2. The van der Waals surface area contributed by atoms with Crippen molar-refractivity contribution in [3.8, 4) is 0 Å². The van der Waals surface area contributed by atoms with Crippen LogP contribution < -0.4 is 0 Å². The van der Waals surface area contributed by atoms with Crippen molar-refractivity contribution < 1.29 is 19.1 Å². The molecule has 0 atom stereocenters. The molecule has 0 rings (SSSR count). The van der Waals surface area contributed by atoms with E-state index in [1.165, 1.54) is 0 Å². The van der Waals surface area contributed by atoms with Crippen molar-refractivity contribution in [3.05, 3.63) is 23.2 Å². The van der Waals surface area contributed by atoms with Gasteiger partial charge in [-0.25, -0.2) is 9.59 Å². The van der Waals surface area contributed by atoms with Gasteiger partial charge in [0, 0.05) is 0 Å². The highest BCUT2D eigenvalue weighted by atomic mass is 35.5. The molecule has 0 heterocycles. The molecule has 0 unspecified atom stereocenters. The Morgan fingerprint density at radius 3 is 1.39 bits per heavy atom. The molecule has 0 saturated carbocycles. The van der Waals surface area contributed by atoms with Crippen LogP contribution in [0, 0.1) is 0 Å². The van der Waals surface area contributed by atoms with Crippen LogP contribution in [0.25, 0.3) is 0 Å². The van der Waals surface area contributed by atoms with Crippen LogP contribution >= 0.6 is 23.2 Å². The molecule has 0 N–H and O–H groups in total. The molecule has 18 heavy (non-hydrogen) atoms. The summed E-state index contributed by atoms with van der Waals surface area (Å²) in [7, 11) is 0. The molecule has 6 heteroatoms. The molecular formula is C12H16Cl2O4. The summed E-state index contributed by atoms with van der Waals surface area (Å²) < 4.78 is 9.59. The van der Waals surface area contributed by atoms with Gasteiger partial charge in [0.25, 0.3) is 0 Å². The van der Waals surface area contributed by atoms with Gasteiger partial charge < -0.3 is 9.47 Å². The Morgan fingerprint density at radius 2 is 1.11 bits per heavy atom. The lowest BCUT2D eigenvalue weighted by molar-refractivity contribution is -0.139. The van der Waals surface area contributed by atoms with Crippen LogP contribution in [0.15, 0.2) is 23.2 Å². The second-order valence-electron chi connectivity index (χ2n) is 3.50. The standard InChI is InChI=1S/C12H16Cl2O4/c1-9(13)11(15)17-7-5-3-4-6-8-18-12(16)10(2)14/h1-8H2. The Morgan fingerprint density at radius 1 is 0.778 bits per heavy atom. The minimum Gasteiger partial charge on any atom is -0.461 e. The van der Waals surface area contributed by atoms with Crippen molar-refractivity contribution in [3.63, 3.8) is 0 Å². The number of hydrogen-bond donors (Lipinski definition) is 0. The molecule has 0 aromatic carbocycles. The summed E-state index contributed by atoms with van der Waals surface area (Å²) in [6, 6.07) is 0. The predicted molar refractivity (Wildman–Crippen MR) is 70.4 cm³/mol. The van der Waals surface area contributed by atoms with E-state index < -0.39 is 11.9 Å². The fourth-order valence-electron chi connectivity index (χ4n) is 1.04. The summed E-state index contributed by atoms with van der Waals surface area (Å²) >= 11 is 10.7. The highest BCUT2D eigenvalue weighted by Crippen LogP contribution is 2.05. The molecule has 102 valence electrons. The molecule has 4 nitrogen and oxygen atoms in total. The first kappa shape index (κ1) is 17.0. The Hall–Kier alpha value is -1.00. The van der Waals surface area contributed by atoms with E-state index in [1.807, 2.05) is 0 Å². The summed E-state index contributed by atoms with van der Waals surface area (Å²) in [5.74, 6) is -1.18. The number of carbonyl (C=O) groups excluding carboxylic acids is 2. The van der Waals surface area contributed by atoms with Crippen molar-refractivity contribution in [2.24, 2.45) is 0 Å². The van der Waals surface area contributed by atoms with Crippen LogP contribution in [-0.4, -0.2) is 25.2 Å². The van der Waals surface area contributed by atoms with E-state index in [0.717, 1.165) is 25.7 Å². The molecule has 0 amide bonds. The molecule has 0 fully saturated rings. The van der Waals surface area contributed by atoms with Crippen LogP contribution in [-0.2, 0) is 19.1 Å². The van der Waals surface area contributed by atoms with Crippen LogP contribution in [0.3, 0.4) is 0 Å². The number of unbranched alkanes of at least 4 members (excludes halogenated alkanes) is 3. The summed E-state index contributed by atoms with van der Waals surface area (Å²) in [5, 5.41) is -0.244. The first-order valence-electron chi connectivity index (χ1n) is 5.48. The molecule has 0 aliphatic carbocycles. The van der Waals surface area contributed by atoms with Gasteiger partial charge in [-0.15, -0.1) is 0 Å². The quantitative estimate of drug-likeness (QED) is 0.372. The van der Waals surface area contributed by atoms with E-state index in [0.29, 0.717) is 13.2 Å². The molecule has 0 radical (unpaired) electrons. The molecule has 0 spiro atoms. The largest absolute Gasteiger partial charge is 0.461 e. The van der Waals surface area contributed by atoms with E-state index in [4.69, 9.17) is 32.7 Å². The third-order valence-corrected chi connectivity index (χ3v) is 2.26. The van der Waals surface area contributed by atoms with Gasteiger partial charge in [0.1, 0.15) is 10.1 Å². The number of ether oxygens (including phenoxy) is 2. The van der Waals surface area contributed by atoms with E-state index in [-0.39, 0.29) is 10.1 Å². The van der Waals surface area contributed by atoms with Crippen molar-refractivity contribution >= 4 is 35.1 Å². The second kappa shape index (κ2) is 9.97. The summed E-state index contributed by atoms with van der Waals surface area (Å²) in [4.78, 5) is 21.8. The Balaban J connectivity index is 3.32. The van der Waals surface area contributed by atoms with Gasteiger partial charge in [0.15, 0.2) is 0 Å². The first-order chi connectivity index (χ1) is 8.45. The van der Waals surface area contributed by atoms with Crippen LogP contribution in [0.4, 0.5) is 0 Å². The highest BCUT2D eigenvalue weighted by molar-refractivity contribution is 6.41. The van der Waals surface area contributed by atoms with Crippen LogP contribution in [0.2, 0.25) is 0 Å². The second-order valence-corrected chi connectivity index (χ2v) is 4.41. The van der Waals surface area contributed by atoms with E-state index in [2.05, 4.69) is 13.2 Å². The number of rotatable bonds is 9. The number of carbonyl (C=O) groups is 2. The molecule has 0 aromatic rings. The highest BCUT2D eigenvalue weighted by Gasteiger charge is 2.05. The fraction of sp³-hybridized carbons (Fsp3) is 0.500. The summed E-state index contributed by atoms with van der Waals surface area (Å²) in [6.07, 6.45) is 3.18. The van der Waals surface area contributed by atoms with Gasteiger partial charge in [-0.05, 0) is 25.7 Å². The van der Waals surface area contributed by atoms with Crippen LogP contribution in [0.1, 0.15) is 25.7 Å². The zero-order valence-corrected chi connectivity index (χ0v) is 11.6. The lowest BCUT2D eigenvalue weighted by Gasteiger charge is -2.04. The van der Waals surface area contributed by atoms with Gasteiger partial charge >= 0.3 is 11.9 Å². The van der Waals surface area contributed by atoms with Gasteiger partial charge in [-0.1, -0.05) is 36.4 Å². The first-order valence-corrected chi connectivity index (χ1v) is 6.23. The van der Waals surface area contributed by atoms with E-state index in [9.17, 15) is 9.59 Å². The molecule has 0 aromatic heterocycles. The maximum atomic E-state index is 10.9. The monoisotopic (exact) mass is 294 g/mol. The lowest BCUT2D eigenvalue weighted by Crippen LogP contribution is -2.06. The third kappa shape index (κ3) is 9.07. The number of esters is 2.